The van der Waals surface area contributed by atoms with Crippen molar-refractivity contribution in [1.82, 2.24) is 29.2 Å². The number of nitrogens with zero attached hydrogens (tertiary/aromatic N) is 6. The van der Waals surface area contributed by atoms with Gasteiger partial charge in [-0.05, 0) is 98.9 Å². The van der Waals surface area contributed by atoms with Crippen LogP contribution in [0.5, 0.6) is 11.5 Å². The largest absolute Gasteiger partial charge is 0.457 e. The Labute approximate surface area is 239 Å². The number of anilines is 2. The third kappa shape index (κ3) is 6.69. The quantitative estimate of drug-likeness (QED) is 0.176. The van der Waals surface area contributed by atoms with Crippen molar-refractivity contribution in [3.63, 3.8) is 0 Å². The van der Waals surface area contributed by atoms with E-state index in [1.807, 2.05) is 48.1 Å². The molecule has 41 heavy (non-hydrogen) atoms. The molecule has 0 bridgehead atoms. The van der Waals surface area contributed by atoms with Gasteiger partial charge in [-0.2, -0.15) is 10.2 Å². The van der Waals surface area contributed by atoms with Crippen LogP contribution in [0, 0.1) is 12.8 Å². The van der Waals surface area contributed by atoms with Gasteiger partial charge in [-0.1, -0.05) is 25.7 Å². The van der Waals surface area contributed by atoms with Crippen LogP contribution in [0.15, 0.2) is 86.3 Å². The van der Waals surface area contributed by atoms with Gasteiger partial charge in [0.25, 0.3) is 0 Å². The molecule has 2 atom stereocenters. The van der Waals surface area contributed by atoms with Gasteiger partial charge in [0.15, 0.2) is 17.2 Å². The first kappa shape index (κ1) is 27.8. The Balaban J connectivity index is 0.000000623. The van der Waals surface area contributed by atoms with Crippen LogP contribution in [-0.4, -0.2) is 35.0 Å². The molecule has 6 rings (SSSR count). The molecule has 1 aliphatic rings. The minimum absolute atomic E-state index is 0.0185. The zero-order valence-corrected chi connectivity index (χ0v) is 23.7. The molecule has 5 aromatic rings. The van der Waals surface area contributed by atoms with Crippen LogP contribution in [0.2, 0.25) is 0 Å². The molecule has 0 spiro atoms. The molecule has 1 aliphatic carbocycles. The van der Waals surface area contributed by atoms with Crippen LogP contribution >= 0.6 is 0 Å². The summed E-state index contributed by atoms with van der Waals surface area (Å²) < 4.78 is 9.78. The maximum absolute atomic E-state index is 9.69. The van der Waals surface area contributed by atoms with Gasteiger partial charge in [0, 0.05) is 24.1 Å². The molecule has 4 aromatic heterocycles. The molecule has 4 heterocycles. The average Bonchev–Trinajstić information content (AvgIpc) is 3.60. The molecule has 0 amide bonds. The minimum atomic E-state index is 0.0185. The third-order valence-electron chi connectivity index (χ3n) is 7.23. The molecule has 9 heteroatoms. The normalized spacial score (nSPS) is 17.6. The Morgan fingerprint density at radius 2 is 1.85 bits per heavy atom. The predicted octanol–water partition coefficient (Wildman–Crippen LogP) is 7.23. The van der Waals surface area contributed by atoms with Gasteiger partial charge in [0.2, 0.25) is 0 Å². The fourth-order valence-electron chi connectivity index (χ4n) is 5.08. The van der Waals surface area contributed by atoms with Crippen molar-refractivity contribution >= 4 is 28.5 Å². The summed E-state index contributed by atoms with van der Waals surface area (Å²) in [6.45, 7) is 9.07. The summed E-state index contributed by atoms with van der Waals surface area (Å²) in [6, 6.07) is 12.0. The van der Waals surface area contributed by atoms with Crippen LogP contribution in [0.3, 0.4) is 0 Å². The standard InChI is InChI=1S/C28H29N7O.C4H6O/c1-19-6-4-3-5-7-21(14-19)24-11-13-35-27(24)28(30-18-32-35)33-22-8-9-25(20(2)15-22)36-23-10-12-34-26(16-23)29-17-31-34;1-3-4(2)5/h3,5,8-13,15-19,21H,4,6-7,14H2,1-2H3,(H,30,32,33);3H,1H2,2H3/b5-3-;. The van der Waals surface area contributed by atoms with Crippen molar-refractivity contribution < 1.29 is 9.53 Å². The molecule has 210 valence electrons. The molecular weight excluding hydrogens is 514 g/mol. The molecule has 0 aliphatic heterocycles. The number of benzene rings is 1. The number of rotatable bonds is 6. The number of fused-ring (bicyclic) bond motifs is 2. The van der Waals surface area contributed by atoms with E-state index in [1.165, 1.54) is 44.2 Å². The van der Waals surface area contributed by atoms with Crippen molar-refractivity contribution in [2.45, 2.75) is 52.4 Å². The first-order valence-corrected chi connectivity index (χ1v) is 13.9. The Morgan fingerprint density at radius 3 is 2.66 bits per heavy atom. The number of pyridine rings is 1. The zero-order chi connectivity index (χ0) is 28.8. The second-order valence-electron chi connectivity index (χ2n) is 10.4. The van der Waals surface area contributed by atoms with Gasteiger partial charge >= 0.3 is 0 Å². The maximum atomic E-state index is 9.69. The predicted molar refractivity (Wildman–Crippen MR) is 161 cm³/mol. The summed E-state index contributed by atoms with van der Waals surface area (Å²) in [7, 11) is 0. The van der Waals surface area contributed by atoms with E-state index in [1.54, 1.807) is 10.8 Å². The smallest absolute Gasteiger partial charge is 0.158 e. The van der Waals surface area contributed by atoms with E-state index in [0.717, 1.165) is 46.2 Å². The molecule has 1 N–H and O–H groups in total. The zero-order valence-electron chi connectivity index (χ0n) is 23.7. The molecular formula is C32H35N7O2. The van der Waals surface area contributed by atoms with Gasteiger partial charge in [-0.3, -0.25) is 4.79 Å². The molecule has 0 saturated carbocycles. The molecule has 9 nitrogen and oxygen atoms in total. The SMILES string of the molecule is C=CC(C)=O.Cc1cc(Nc2ncnn3ccc(C4C/C=C\CCC(C)C4)c23)ccc1Oc1ccn2ncnc2c1. The number of hydrogen-bond donors (Lipinski definition) is 1. The molecule has 0 saturated heterocycles. The molecule has 1 aromatic carbocycles. The van der Waals surface area contributed by atoms with E-state index in [4.69, 9.17) is 4.74 Å². The van der Waals surface area contributed by atoms with Gasteiger partial charge in [-0.25, -0.2) is 19.0 Å². The van der Waals surface area contributed by atoms with Crippen LogP contribution in [0.25, 0.3) is 11.2 Å². The van der Waals surface area contributed by atoms with E-state index in [-0.39, 0.29) is 5.78 Å². The maximum Gasteiger partial charge on any atom is 0.158 e. The van der Waals surface area contributed by atoms with Crippen LogP contribution < -0.4 is 10.1 Å². The van der Waals surface area contributed by atoms with E-state index >= 15 is 0 Å². The lowest BCUT2D eigenvalue weighted by molar-refractivity contribution is -0.112. The number of hydrogen-bond acceptors (Lipinski definition) is 7. The van der Waals surface area contributed by atoms with Crippen LogP contribution in [-0.2, 0) is 4.79 Å². The van der Waals surface area contributed by atoms with Gasteiger partial charge in [0.05, 0.1) is 0 Å². The van der Waals surface area contributed by atoms with Crippen LogP contribution in [0.4, 0.5) is 11.5 Å². The number of allylic oxidation sites excluding steroid dienone is 3. The highest BCUT2D eigenvalue weighted by molar-refractivity contribution is 5.86. The first-order chi connectivity index (χ1) is 19.9. The summed E-state index contributed by atoms with van der Waals surface area (Å²) in [4.78, 5) is 18.5. The fourth-order valence-corrected chi connectivity index (χ4v) is 5.08. The fraction of sp³-hybridized carbons (Fsp3) is 0.281. The highest BCUT2D eigenvalue weighted by Crippen LogP contribution is 2.37. The van der Waals surface area contributed by atoms with E-state index < -0.39 is 0 Å². The van der Waals surface area contributed by atoms with Crippen molar-refractivity contribution in [3.05, 3.63) is 97.4 Å². The molecule has 2 unspecified atom stereocenters. The highest BCUT2D eigenvalue weighted by atomic mass is 16.5. The Hall–Kier alpha value is -4.79. The first-order valence-electron chi connectivity index (χ1n) is 13.9. The summed E-state index contributed by atoms with van der Waals surface area (Å²) in [5.74, 6) is 3.48. The number of aryl methyl sites for hydroxylation is 1. The average molecular weight is 550 g/mol. The van der Waals surface area contributed by atoms with Crippen LogP contribution in [0.1, 0.15) is 56.6 Å². The van der Waals surface area contributed by atoms with Gasteiger partial charge in [-0.15, -0.1) is 0 Å². The highest BCUT2D eigenvalue weighted by Gasteiger charge is 2.21. The number of carbonyl (C=O) groups is 1. The number of nitrogens with one attached hydrogen (secondary N) is 1. The Kier molecular flexibility index (Phi) is 8.53. The third-order valence-corrected chi connectivity index (χ3v) is 7.23. The van der Waals surface area contributed by atoms with E-state index in [2.05, 4.69) is 63.3 Å². The number of carbonyl (C=O) groups excluding carboxylic acids is 1. The second-order valence-corrected chi connectivity index (χ2v) is 10.4. The Morgan fingerprint density at radius 1 is 1.07 bits per heavy atom. The molecule has 0 radical (unpaired) electrons. The summed E-state index contributed by atoms with van der Waals surface area (Å²) >= 11 is 0. The molecule has 0 fully saturated rings. The lowest BCUT2D eigenvalue weighted by Crippen LogP contribution is -2.08. The van der Waals surface area contributed by atoms with Crippen molar-refractivity contribution in [3.8, 4) is 11.5 Å². The van der Waals surface area contributed by atoms with E-state index in [0.29, 0.717) is 11.8 Å². The minimum Gasteiger partial charge on any atom is -0.457 e. The Bertz CT molecular complexity index is 1700. The number of aromatic nitrogens is 6. The second kappa shape index (κ2) is 12.6. The summed E-state index contributed by atoms with van der Waals surface area (Å²) in [5.41, 5.74) is 5.06. The summed E-state index contributed by atoms with van der Waals surface area (Å²) in [6.07, 6.45) is 17.6. The van der Waals surface area contributed by atoms with E-state index in [9.17, 15) is 4.79 Å². The van der Waals surface area contributed by atoms with Crippen molar-refractivity contribution in [2.75, 3.05) is 5.32 Å². The van der Waals surface area contributed by atoms with Gasteiger partial charge < -0.3 is 10.1 Å². The number of ether oxygens (including phenoxy) is 1. The topological polar surface area (TPSA) is 98.7 Å². The summed E-state index contributed by atoms with van der Waals surface area (Å²) in [5, 5.41) is 12.1. The lowest BCUT2D eigenvalue weighted by Gasteiger charge is -2.22. The number of ketones is 1. The lowest BCUT2D eigenvalue weighted by atomic mass is 9.84. The van der Waals surface area contributed by atoms with Crippen molar-refractivity contribution in [1.29, 1.82) is 0 Å². The monoisotopic (exact) mass is 549 g/mol. The van der Waals surface area contributed by atoms with Crippen molar-refractivity contribution in [2.24, 2.45) is 5.92 Å². The van der Waals surface area contributed by atoms with Gasteiger partial charge in [0.1, 0.15) is 29.7 Å².